The van der Waals surface area contributed by atoms with Crippen molar-refractivity contribution < 1.29 is 24.2 Å². The van der Waals surface area contributed by atoms with Crippen LogP contribution in [0, 0.1) is 5.41 Å². The summed E-state index contributed by atoms with van der Waals surface area (Å²) < 4.78 is 10.6. The largest absolute Gasteiger partial charge is 0.481 e. The number of aliphatic carboxylic acids is 1. The third-order valence-corrected chi connectivity index (χ3v) is 4.49. The highest BCUT2D eigenvalue weighted by Gasteiger charge is 2.38. The second-order valence-corrected chi connectivity index (χ2v) is 5.40. The molecule has 2 unspecified atom stereocenters. The topological polar surface area (TPSA) is 88.1 Å². The number of carbonyl (C=O) groups excluding carboxylic acids is 1. The van der Waals surface area contributed by atoms with Gasteiger partial charge in [-0.05, 0) is 12.8 Å². The van der Waals surface area contributed by atoms with Crippen LogP contribution in [0.4, 0.5) is 4.79 Å². The number of urea groups is 1. The fraction of sp³-hybridized carbons (Fsp3) is 0.857. The Kier molecular flexibility index (Phi) is 6.42. The van der Waals surface area contributed by atoms with Gasteiger partial charge in [-0.2, -0.15) is 0 Å². The maximum Gasteiger partial charge on any atom is 0.317 e. The lowest BCUT2D eigenvalue weighted by atomic mass is 9.82. The smallest absolute Gasteiger partial charge is 0.317 e. The molecule has 2 atom stereocenters. The maximum absolute atomic E-state index is 12.2. The standard InChI is InChI=1S/C14H26N2O5/c1-5-14(6-2,12(17)18)9-15-13(19)16-7-10(20-3)11(8-16)21-4/h10-11H,5-9H2,1-4H3,(H,15,19)(H,17,18). The molecule has 2 N–H and O–H groups in total. The molecule has 7 nitrogen and oxygen atoms in total. The Labute approximate surface area is 125 Å². The lowest BCUT2D eigenvalue weighted by Gasteiger charge is -2.28. The fourth-order valence-corrected chi connectivity index (χ4v) is 2.60. The number of carboxylic acid groups (broad SMARTS) is 1. The minimum Gasteiger partial charge on any atom is -0.481 e. The average molecular weight is 302 g/mol. The van der Waals surface area contributed by atoms with E-state index in [9.17, 15) is 14.7 Å². The van der Waals surface area contributed by atoms with Crippen LogP contribution in [0.25, 0.3) is 0 Å². The van der Waals surface area contributed by atoms with Gasteiger partial charge in [0.05, 0.1) is 18.5 Å². The number of carbonyl (C=O) groups is 2. The van der Waals surface area contributed by atoms with Crippen LogP contribution in [-0.4, -0.2) is 68.1 Å². The minimum absolute atomic E-state index is 0.125. The highest BCUT2D eigenvalue weighted by molar-refractivity contribution is 5.78. The molecule has 1 aliphatic rings. The number of carboxylic acids is 1. The van der Waals surface area contributed by atoms with Gasteiger partial charge < -0.3 is 24.8 Å². The van der Waals surface area contributed by atoms with E-state index in [2.05, 4.69) is 5.32 Å². The van der Waals surface area contributed by atoms with Crippen molar-refractivity contribution in [3.63, 3.8) is 0 Å². The van der Waals surface area contributed by atoms with Crippen LogP contribution in [0.5, 0.6) is 0 Å². The molecule has 1 saturated heterocycles. The summed E-state index contributed by atoms with van der Waals surface area (Å²) in [5.41, 5.74) is -0.906. The number of hydrogen-bond donors (Lipinski definition) is 2. The van der Waals surface area contributed by atoms with Gasteiger partial charge in [0.2, 0.25) is 0 Å². The molecular weight excluding hydrogens is 276 g/mol. The van der Waals surface area contributed by atoms with Crippen LogP contribution in [0.3, 0.4) is 0 Å². The normalized spacial score (nSPS) is 22.4. The van der Waals surface area contributed by atoms with Crippen molar-refractivity contribution in [2.45, 2.75) is 38.9 Å². The van der Waals surface area contributed by atoms with Crippen LogP contribution < -0.4 is 5.32 Å². The number of likely N-dealkylation sites (tertiary alicyclic amines) is 1. The lowest BCUT2D eigenvalue weighted by molar-refractivity contribution is -0.149. The molecule has 0 aromatic carbocycles. The van der Waals surface area contributed by atoms with Gasteiger partial charge in [-0.1, -0.05) is 13.8 Å². The van der Waals surface area contributed by atoms with E-state index in [4.69, 9.17) is 9.47 Å². The second-order valence-electron chi connectivity index (χ2n) is 5.40. The molecule has 0 aromatic rings. The van der Waals surface area contributed by atoms with Crippen LogP contribution in [0.2, 0.25) is 0 Å². The van der Waals surface area contributed by atoms with E-state index in [0.717, 1.165) is 0 Å². The molecule has 0 spiro atoms. The Morgan fingerprint density at radius 3 is 2.00 bits per heavy atom. The molecule has 0 radical (unpaired) electrons. The zero-order valence-corrected chi connectivity index (χ0v) is 13.2. The lowest BCUT2D eigenvalue weighted by Crippen LogP contribution is -2.47. The predicted molar refractivity (Wildman–Crippen MR) is 77.2 cm³/mol. The first-order valence-corrected chi connectivity index (χ1v) is 7.25. The molecule has 1 fully saturated rings. The Morgan fingerprint density at radius 1 is 1.19 bits per heavy atom. The first kappa shape index (κ1) is 17.7. The van der Waals surface area contributed by atoms with Gasteiger partial charge in [0.25, 0.3) is 0 Å². The van der Waals surface area contributed by atoms with E-state index in [-0.39, 0.29) is 24.8 Å². The Morgan fingerprint density at radius 2 is 1.67 bits per heavy atom. The van der Waals surface area contributed by atoms with Gasteiger partial charge in [-0.25, -0.2) is 4.79 Å². The molecule has 0 aliphatic carbocycles. The molecule has 1 rings (SSSR count). The van der Waals surface area contributed by atoms with Crippen LogP contribution in [-0.2, 0) is 14.3 Å². The summed E-state index contributed by atoms with van der Waals surface area (Å²) in [6, 6.07) is -0.274. The molecule has 0 bridgehead atoms. The first-order valence-electron chi connectivity index (χ1n) is 7.25. The number of amides is 2. The fourth-order valence-electron chi connectivity index (χ4n) is 2.60. The van der Waals surface area contributed by atoms with Crippen LogP contribution >= 0.6 is 0 Å². The second kappa shape index (κ2) is 7.61. The van der Waals surface area contributed by atoms with Crippen molar-refractivity contribution in [3.05, 3.63) is 0 Å². The zero-order chi connectivity index (χ0) is 16.0. The van der Waals surface area contributed by atoms with E-state index < -0.39 is 11.4 Å². The molecule has 1 aliphatic heterocycles. The molecule has 21 heavy (non-hydrogen) atoms. The van der Waals surface area contributed by atoms with Crippen molar-refractivity contribution in [2.24, 2.45) is 5.41 Å². The molecular formula is C14H26N2O5. The Bertz CT molecular complexity index is 358. The molecule has 0 saturated carbocycles. The van der Waals surface area contributed by atoms with E-state index in [0.29, 0.717) is 25.9 Å². The van der Waals surface area contributed by atoms with E-state index in [1.54, 1.807) is 19.1 Å². The third kappa shape index (κ3) is 3.85. The first-order chi connectivity index (χ1) is 9.93. The van der Waals surface area contributed by atoms with Crippen molar-refractivity contribution >= 4 is 12.0 Å². The number of ether oxygens (including phenoxy) is 2. The third-order valence-electron chi connectivity index (χ3n) is 4.49. The van der Waals surface area contributed by atoms with Crippen molar-refractivity contribution in [3.8, 4) is 0 Å². The van der Waals surface area contributed by atoms with Gasteiger partial charge in [-0.15, -0.1) is 0 Å². The van der Waals surface area contributed by atoms with Gasteiger partial charge in [0.1, 0.15) is 12.2 Å². The number of rotatable bonds is 7. The van der Waals surface area contributed by atoms with Crippen molar-refractivity contribution in [1.29, 1.82) is 0 Å². The van der Waals surface area contributed by atoms with Gasteiger partial charge in [0, 0.05) is 20.8 Å². The Hall–Kier alpha value is -1.34. The minimum atomic E-state index is -0.906. The molecule has 1 heterocycles. The highest BCUT2D eigenvalue weighted by atomic mass is 16.5. The molecule has 0 aromatic heterocycles. The summed E-state index contributed by atoms with van der Waals surface area (Å²) in [4.78, 5) is 25.2. The maximum atomic E-state index is 12.2. The number of hydrogen-bond acceptors (Lipinski definition) is 4. The van der Waals surface area contributed by atoms with Crippen molar-refractivity contribution in [1.82, 2.24) is 10.2 Å². The summed E-state index contributed by atoms with van der Waals surface area (Å²) in [6.45, 7) is 4.65. The summed E-state index contributed by atoms with van der Waals surface area (Å²) in [7, 11) is 3.17. The molecule has 7 heteroatoms. The van der Waals surface area contributed by atoms with E-state index in [1.165, 1.54) is 0 Å². The number of nitrogens with one attached hydrogen (secondary N) is 1. The predicted octanol–water partition coefficient (Wildman–Crippen LogP) is 0.933. The monoisotopic (exact) mass is 302 g/mol. The van der Waals surface area contributed by atoms with Crippen LogP contribution in [0.15, 0.2) is 0 Å². The number of nitrogens with zero attached hydrogens (tertiary/aromatic N) is 1. The Balaban J connectivity index is 2.60. The van der Waals surface area contributed by atoms with Gasteiger partial charge in [0.15, 0.2) is 0 Å². The summed E-state index contributed by atoms with van der Waals surface area (Å²) in [6.07, 6.45) is 0.644. The summed E-state index contributed by atoms with van der Waals surface area (Å²) in [5, 5.41) is 12.1. The zero-order valence-electron chi connectivity index (χ0n) is 13.2. The molecule has 2 amide bonds. The highest BCUT2D eigenvalue weighted by Crippen LogP contribution is 2.26. The summed E-state index contributed by atoms with van der Waals surface area (Å²) >= 11 is 0. The number of methoxy groups -OCH3 is 2. The SMILES string of the molecule is CCC(CC)(CNC(=O)N1CC(OC)C(OC)C1)C(=O)O. The van der Waals surface area contributed by atoms with Gasteiger partial charge in [-0.3, -0.25) is 4.79 Å². The van der Waals surface area contributed by atoms with Gasteiger partial charge >= 0.3 is 12.0 Å². The van der Waals surface area contributed by atoms with Crippen LogP contribution in [0.1, 0.15) is 26.7 Å². The average Bonchev–Trinajstić information content (AvgIpc) is 2.91. The summed E-state index contributed by atoms with van der Waals surface area (Å²) in [5.74, 6) is -0.876. The molecule has 122 valence electrons. The van der Waals surface area contributed by atoms with Crippen molar-refractivity contribution in [2.75, 3.05) is 33.9 Å². The van der Waals surface area contributed by atoms with E-state index >= 15 is 0 Å². The quantitative estimate of drug-likeness (QED) is 0.730. The van der Waals surface area contributed by atoms with E-state index in [1.807, 2.05) is 13.8 Å².